The van der Waals surface area contributed by atoms with Crippen LogP contribution in [-0.4, -0.2) is 52.2 Å². The number of hydrogen-bond acceptors (Lipinski definition) is 3. The Morgan fingerprint density at radius 2 is 2.23 bits per heavy atom. The molecule has 2 N–H and O–H groups in total. The largest absolute Gasteiger partial charge is 0.351 e. The molecular weight excluding hydrogens is 287 g/mol. The third-order valence-electron chi connectivity index (χ3n) is 4.29. The molecule has 1 aromatic rings. The molecular formula is C15H21FN4O2. The van der Waals surface area contributed by atoms with Gasteiger partial charge in [-0.05, 0) is 24.8 Å². The lowest BCUT2D eigenvalue weighted by atomic mass is 10.1. The fraction of sp³-hybridized carbons (Fsp3) is 0.667. The Morgan fingerprint density at radius 1 is 1.50 bits per heavy atom. The minimum absolute atomic E-state index is 0.0864. The van der Waals surface area contributed by atoms with E-state index in [4.69, 9.17) is 0 Å². The van der Waals surface area contributed by atoms with Crippen molar-refractivity contribution in [1.82, 2.24) is 20.4 Å². The molecule has 3 atom stereocenters. The number of aromatic amines is 1. The van der Waals surface area contributed by atoms with E-state index in [1.807, 2.05) is 13.8 Å². The van der Waals surface area contributed by atoms with Gasteiger partial charge in [0, 0.05) is 19.1 Å². The predicted molar refractivity (Wildman–Crippen MR) is 78.1 cm³/mol. The smallest absolute Gasteiger partial charge is 0.271 e. The van der Waals surface area contributed by atoms with Gasteiger partial charge in [-0.2, -0.15) is 5.10 Å². The molecule has 22 heavy (non-hydrogen) atoms. The lowest BCUT2D eigenvalue weighted by Crippen LogP contribution is -2.39. The number of hydrogen-bond donors (Lipinski definition) is 2. The van der Waals surface area contributed by atoms with Crippen molar-refractivity contribution in [3.63, 3.8) is 0 Å². The van der Waals surface area contributed by atoms with Crippen molar-refractivity contribution in [2.24, 2.45) is 5.92 Å². The summed E-state index contributed by atoms with van der Waals surface area (Å²) in [6.45, 7) is 5.08. The van der Waals surface area contributed by atoms with Gasteiger partial charge < -0.3 is 10.2 Å². The number of carbonyl (C=O) groups is 2. The molecule has 1 aliphatic carbocycles. The molecule has 3 rings (SSSR count). The second-order valence-electron chi connectivity index (χ2n) is 6.46. The quantitative estimate of drug-likeness (QED) is 0.878. The van der Waals surface area contributed by atoms with Crippen LogP contribution in [0.1, 0.15) is 48.8 Å². The lowest BCUT2D eigenvalue weighted by molar-refractivity contribution is -0.123. The van der Waals surface area contributed by atoms with Crippen LogP contribution in [0.3, 0.4) is 0 Å². The SMILES string of the molecule is CC(C)c1cc(C(=O)N2CC[C@H](NC(=O)[C@H]3C[C@@H]3F)C2)[nH]n1. The molecule has 2 heterocycles. The van der Waals surface area contributed by atoms with E-state index in [-0.39, 0.29) is 23.8 Å². The molecule has 7 heteroatoms. The van der Waals surface area contributed by atoms with Gasteiger partial charge in [0.05, 0.1) is 11.6 Å². The van der Waals surface area contributed by atoms with Crippen molar-refractivity contribution in [1.29, 1.82) is 0 Å². The van der Waals surface area contributed by atoms with E-state index in [1.54, 1.807) is 11.0 Å². The molecule has 120 valence electrons. The molecule has 1 saturated carbocycles. The number of halogens is 1. The normalized spacial score (nSPS) is 27.3. The molecule has 2 aliphatic rings. The zero-order valence-corrected chi connectivity index (χ0v) is 12.8. The van der Waals surface area contributed by atoms with Gasteiger partial charge in [-0.1, -0.05) is 13.8 Å². The van der Waals surface area contributed by atoms with Crippen LogP contribution < -0.4 is 5.32 Å². The fourth-order valence-corrected chi connectivity index (χ4v) is 2.72. The van der Waals surface area contributed by atoms with Gasteiger partial charge in [0.15, 0.2) is 0 Å². The first-order valence-corrected chi connectivity index (χ1v) is 7.74. The minimum atomic E-state index is -0.987. The number of alkyl halides is 1. The van der Waals surface area contributed by atoms with Crippen molar-refractivity contribution in [2.75, 3.05) is 13.1 Å². The lowest BCUT2D eigenvalue weighted by Gasteiger charge is -2.16. The molecule has 6 nitrogen and oxygen atoms in total. The maximum atomic E-state index is 12.9. The fourth-order valence-electron chi connectivity index (χ4n) is 2.72. The van der Waals surface area contributed by atoms with Crippen molar-refractivity contribution in [2.45, 2.75) is 44.8 Å². The van der Waals surface area contributed by atoms with Gasteiger partial charge in [0.2, 0.25) is 5.91 Å². The Hall–Kier alpha value is -1.92. The number of aromatic nitrogens is 2. The topological polar surface area (TPSA) is 78.1 Å². The van der Waals surface area contributed by atoms with E-state index in [9.17, 15) is 14.0 Å². The number of likely N-dealkylation sites (tertiary alicyclic amines) is 1. The minimum Gasteiger partial charge on any atom is -0.351 e. The first-order valence-electron chi connectivity index (χ1n) is 7.74. The molecule has 1 saturated heterocycles. The van der Waals surface area contributed by atoms with Crippen LogP contribution in [0, 0.1) is 5.92 Å². The molecule has 1 aromatic heterocycles. The first kappa shape index (κ1) is 15.0. The summed E-state index contributed by atoms with van der Waals surface area (Å²) in [4.78, 5) is 25.8. The van der Waals surface area contributed by atoms with Crippen LogP contribution in [0.25, 0.3) is 0 Å². The van der Waals surface area contributed by atoms with Crippen molar-refractivity contribution in [3.05, 3.63) is 17.5 Å². The van der Waals surface area contributed by atoms with Crippen molar-refractivity contribution in [3.8, 4) is 0 Å². The molecule has 2 amide bonds. The summed E-state index contributed by atoms with van der Waals surface area (Å²) in [5, 5.41) is 9.74. The molecule has 0 aromatic carbocycles. The third kappa shape index (κ3) is 2.98. The summed E-state index contributed by atoms with van der Waals surface area (Å²) in [6, 6.07) is 1.69. The van der Waals surface area contributed by atoms with Crippen LogP contribution in [0.2, 0.25) is 0 Å². The third-order valence-corrected chi connectivity index (χ3v) is 4.29. The van der Waals surface area contributed by atoms with E-state index in [2.05, 4.69) is 15.5 Å². The Balaban J connectivity index is 1.55. The molecule has 1 aliphatic heterocycles. The van der Waals surface area contributed by atoms with E-state index < -0.39 is 12.1 Å². The average molecular weight is 308 g/mol. The molecule has 0 bridgehead atoms. The zero-order valence-electron chi connectivity index (χ0n) is 12.8. The Kier molecular flexibility index (Phi) is 3.88. The molecule has 2 fully saturated rings. The molecule has 0 spiro atoms. The van der Waals surface area contributed by atoms with Crippen molar-refractivity contribution < 1.29 is 14.0 Å². The summed E-state index contributed by atoms with van der Waals surface area (Å²) in [6.07, 6.45) is 0.0400. The van der Waals surface area contributed by atoms with Crippen LogP contribution in [-0.2, 0) is 4.79 Å². The highest BCUT2D eigenvalue weighted by atomic mass is 19.1. The number of nitrogens with one attached hydrogen (secondary N) is 2. The van der Waals surface area contributed by atoms with Crippen LogP contribution >= 0.6 is 0 Å². The van der Waals surface area contributed by atoms with Crippen LogP contribution in [0.15, 0.2) is 6.07 Å². The second kappa shape index (κ2) is 5.70. The standard InChI is InChI=1S/C15H21FN4O2/c1-8(2)12-6-13(19-18-12)15(22)20-4-3-9(7-20)17-14(21)10-5-11(10)16/h6,8-11H,3-5,7H2,1-2H3,(H,17,21)(H,18,19)/t9-,10-,11-/m0/s1. The Labute approximate surface area is 128 Å². The van der Waals surface area contributed by atoms with Crippen LogP contribution in [0.5, 0.6) is 0 Å². The number of amides is 2. The first-order chi connectivity index (χ1) is 10.5. The number of H-pyrrole nitrogens is 1. The summed E-state index contributed by atoms with van der Waals surface area (Å²) >= 11 is 0. The highest BCUT2D eigenvalue weighted by molar-refractivity contribution is 5.92. The summed E-state index contributed by atoms with van der Waals surface area (Å²) in [7, 11) is 0. The maximum Gasteiger partial charge on any atom is 0.271 e. The summed E-state index contributed by atoms with van der Waals surface area (Å²) in [5.74, 6) is -0.553. The zero-order chi connectivity index (χ0) is 15.9. The Bertz CT molecular complexity index is 586. The highest BCUT2D eigenvalue weighted by Gasteiger charge is 2.44. The number of rotatable bonds is 4. The average Bonchev–Trinajstić information content (AvgIpc) is 2.93. The second-order valence-corrected chi connectivity index (χ2v) is 6.46. The molecule has 0 radical (unpaired) electrons. The van der Waals surface area contributed by atoms with E-state index in [1.165, 1.54) is 0 Å². The number of carbonyl (C=O) groups excluding carboxylic acids is 2. The van der Waals surface area contributed by atoms with Gasteiger partial charge in [-0.15, -0.1) is 0 Å². The monoisotopic (exact) mass is 308 g/mol. The highest BCUT2D eigenvalue weighted by Crippen LogP contribution is 2.34. The number of nitrogens with zero attached hydrogens (tertiary/aromatic N) is 2. The van der Waals surface area contributed by atoms with Gasteiger partial charge >= 0.3 is 0 Å². The van der Waals surface area contributed by atoms with Gasteiger partial charge in [-0.25, -0.2) is 4.39 Å². The predicted octanol–water partition coefficient (Wildman–Crippen LogP) is 1.22. The van der Waals surface area contributed by atoms with E-state index >= 15 is 0 Å². The summed E-state index contributed by atoms with van der Waals surface area (Å²) < 4.78 is 12.9. The van der Waals surface area contributed by atoms with Gasteiger partial charge in [0.25, 0.3) is 5.91 Å². The van der Waals surface area contributed by atoms with Crippen molar-refractivity contribution >= 4 is 11.8 Å². The molecule has 0 unspecified atom stereocenters. The van der Waals surface area contributed by atoms with Gasteiger partial charge in [0.1, 0.15) is 11.9 Å². The van der Waals surface area contributed by atoms with Crippen LogP contribution in [0.4, 0.5) is 4.39 Å². The summed E-state index contributed by atoms with van der Waals surface area (Å²) in [5.41, 5.74) is 1.33. The Morgan fingerprint density at radius 3 is 2.82 bits per heavy atom. The van der Waals surface area contributed by atoms with E-state index in [0.717, 1.165) is 5.69 Å². The maximum absolute atomic E-state index is 12.9. The van der Waals surface area contributed by atoms with E-state index in [0.29, 0.717) is 31.6 Å². The van der Waals surface area contributed by atoms with Gasteiger partial charge in [-0.3, -0.25) is 14.7 Å².